The van der Waals surface area contributed by atoms with Crippen LogP contribution in [-0.2, 0) is 9.59 Å². The standard InChI is InChI=1S/C18H23N3O3/c1-12(2)17(21-9-5-6-10-21)18(23)20-15-11-14(19-13(3)22)7-8-16(15)24-4/h5-12,17H,1-4H3,(H,19,22)(H,20,23)/t17-/m1/s1. The molecule has 2 rings (SSSR count). The van der Waals surface area contributed by atoms with Crippen LogP contribution in [0.25, 0.3) is 0 Å². The number of methoxy groups -OCH3 is 1. The van der Waals surface area contributed by atoms with Crippen LogP contribution in [0, 0.1) is 5.92 Å². The molecule has 0 aliphatic carbocycles. The number of anilines is 2. The molecule has 0 saturated heterocycles. The molecule has 2 aromatic rings. The van der Waals surface area contributed by atoms with Crippen molar-refractivity contribution in [3.63, 3.8) is 0 Å². The van der Waals surface area contributed by atoms with Crippen LogP contribution in [0.1, 0.15) is 26.8 Å². The van der Waals surface area contributed by atoms with E-state index in [1.807, 2.05) is 42.9 Å². The summed E-state index contributed by atoms with van der Waals surface area (Å²) in [7, 11) is 1.54. The Morgan fingerprint density at radius 1 is 1.12 bits per heavy atom. The molecule has 1 aromatic carbocycles. The van der Waals surface area contributed by atoms with Gasteiger partial charge in [0.15, 0.2) is 0 Å². The van der Waals surface area contributed by atoms with Gasteiger partial charge in [-0.1, -0.05) is 13.8 Å². The molecule has 0 spiro atoms. The SMILES string of the molecule is COc1ccc(NC(C)=O)cc1NC(=O)[C@@H](C(C)C)n1cccc1. The maximum absolute atomic E-state index is 12.8. The van der Waals surface area contributed by atoms with Crippen molar-refractivity contribution in [1.29, 1.82) is 0 Å². The molecular weight excluding hydrogens is 306 g/mol. The fourth-order valence-electron chi connectivity index (χ4n) is 2.61. The summed E-state index contributed by atoms with van der Waals surface area (Å²) in [6.45, 7) is 5.42. The van der Waals surface area contributed by atoms with E-state index in [2.05, 4.69) is 10.6 Å². The van der Waals surface area contributed by atoms with E-state index in [-0.39, 0.29) is 23.8 Å². The Labute approximate surface area is 141 Å². The molecule has 0 bridgehead atoms. The third-order valence-corrected chi connectivity index (χ3v) is 3.63. The molecule has 0 saturated carbocycles. The first-order chi connectivity index (χ1) is 11.4. The Kier molecular flexibility index (Phi) is 5.63. The van der Waals surface area contributed by atoms with Crippen LogP contribution in [0.15, 0.2) is 42.7 Å². The van der Waals surface area contributed by atoms with Gasteiger partial charge >= 0.3 is 0 Å². The van der Waals surface area contributed by atoms with Crippen molar-refractivity contribution in [2.45, 2.75) is 26.8 Å². The first-order valence-corrected chi connectivity index (χ1v) is 7.81. The summed E-state index contributed by atoms with van der Waals surface area (Å²) >= 11 is 0. The van der Waals surface area contributed by atoms with E-state index < -0.39 is 0 Å². The predicted octanol–water partition coefficient (Wildman–Crippen LogP) is 3.29. The smallest absolute Gasteiger partial charge is 0.247 e. The van der Waals surface area contributed by atoms with Gasteiger partial charge in [-0.15, -0.1) is 0 Å². The molecular formula is C18H23N3O3. The second-order valence-electron chi connectivity index (χ2n) is 5.90. The molecule has 1 heterocycles. The van der Waals surface area contributed by atoms with Crippen LogP contribution >= 0.6 is 0 Å². The number of nitrogens with zero attached hydrogens (tertiary/aromatic N) is 1. The molecule has 0 aliphatic rings. The number of hydrogen-bond donors (Lipinski definition) is 2. The van der Waals surface area contributed by atoms with Crippen molar-refractivity contribution in [2.75, 3.05) is 17.7 Å². The maximum atomic E-state index is 12.8. The fourth-order valence-corrected chi connectivity index (χ4v) is 2.61. The van der Waals surface area contributed by atoms with Crippen LogP contribution in [-0.4, -0.2) is 23.5 Å². The van der Waals surface area contributed by atoms with Crippen LogP contribution < -0.4 is 15.4 Å². The lowest BCUT2D eigenvalue weighted by molar-refractivity contribution is -0.120. The second-order valence-corrected chi connectivity index (χ2v) is 5.90. The molecule has 0 unspecified atom stereocenters. The summed E-state index contributed by atoms with van der Waals surface area (Å²) in [5.74, 6) is 0.332. The van der Waals surface area contributed by atoms with Crippen molar-refractivity contribution in [2.24, 2.45) is 5.92 Å². The zero-order valence-electron chi connectivity index (χ0n) is 14.4. The van der Waals surface area contributed by atoms with Crippen molar-refractivity contribution in [3.8, 4) is 5.75 Å². The van der Waals surface area contributed by atoms with E-state index in [0.717, 1.165) is 0 Å². The lowest BCUT2D eigenvalue weighted by atomic mass is 10.0. The Hall–Kier alpha value is -2.76. The van der Waals surface area contributed by atoms with Crippen molar-refractivity contribution in [3.05, 3.63) is 42.7 Å². The first-order valence-electron chi connectivity index (χ1n) is 7.81. The van der Waals surface area contributed by atoms with Gasteiger partial charge in [-0.25, -0.2) is 0 Å². The third kappa shape index (κ3) is 4.16. The summed E-state index contributed by atoms with van der Waals surface area (Å²) in [4.78, 5) is 24.0. The molecule has 6 heteroatoms. The number of aromatic nitrogens is 1. The zero-order chi connectivity index (χ0) is 17.7. The van der Waals surface area contributed by atoms with Crippen molar-refractivity contribution in [1.82, 2.24) is 4.57 Å². The largest absolute Gasteiger partial charge is 0.495 e. The van der Waals surface area contributed by atoms with Gasteiger partial charge in [-0.2, -0.15) is 0 Å². The molecule has 1 aromatic heterocycles. The van der Waals surface area contributed by atoms with E-state index in [1.165, 1.54) is 14.0 Å². The summed E-state index contributed by atoms with van der Waals surface area (Å²) in [5.41, 5.74) is 1.12. The van der Waals surface area contributed by atoms with Gasteiger partial charge in [0.1, 0.15) is 11.8 Å². The normalized spacial score (nSPS) is 11.9. The number of carbonyl (C=O) groups excluding carboxylic acids is 2. The van der Waals surface area contributed by atoms with Gasteiger partial charge in [-0.05, 0) is 36.2 Å². The number of hydrogen-bond acceptors (Lipinski definition) is 3. The number of nitrogens with one attached hydrogen (secondary N) is 2. The van der Waals surface area contributed by atoms with Gasteiger partial charge in [-0.3, -0.25) is 9.59 Å². The van der Waals surface area contributed by atoms with E-state index >= 15 is 0 Å². The molecule has 24 heavy (non-hydrogen) atoms. The third-order valence-electron chi connectivity index (χ3n) is 3.63. The quantitative estimate of drug-likeness (QED) is 0.854. The first kappa shape index (κ1) is 17.6. The summed E-state index contributed by atoms with van der Waals surface area (Å²) in [5, 5.41) is 5.61. The Bertz CT molecular complexity index is 708. The van der Waals surface area contributed by atoms with Gasteiger partial charge in [0.2, 0.25) is 11.8 Å². The summed E-state index contributed by atoms with van der Waals surface area (Å²) in [6.07, 6.45) is 3.74. The Morgan fingerprint density at radius 2 is 1.79 bits per heavy atom. The van der Waals surface area contributed by atoms with Crippen molar-refractivity contribution < 1.29 is 14.3 Å². The zero-order valence-corrected chi connectivity index (χ0v) is 14.4. The number of carbonyl (C=O) groups is 2. The Balaban J connectivity index is 2.27. The highest BCUT2D eigenvalue weighted by atomic mass is 16.5. The molecule has 128 valence electrons. The average molecular weight is 329 g/mol. The maximum Gasteiger partial charge on any atom is 0.247 e. The summed E-state index contributed by atoms with van der Waals surface area (Å²) in [6, 6.07) is 8.56. The topological polar surface area (TPSA) is 72.4 Å². The molecule has 0 fully saturated rings. The minimum atomic E-state index is -0.339. The van der Waals surface area contributed by atoms with E-state index in [4.69, 9.17) is 4.74 Å². The number of ether oxygens (including phenoxy) is 1. The minimum Gasteiger partial charge on any atom is -0.495 e. The van der Waals surface area contributed by atoms with E-state index in [0.29, 0.717) is 17.1 Å². The molecule has 1 atom stereocenters. The second kappa shape index (κ2) is 7.68. The lowest BCUT2D eigenvalue weighted by Crippen LogP contribution is -2.29. The minimum absolute atomic E-state index is 0.113. The van der Waals surface area contributed by atoms with Crippen LogP contribution in [0.3, 0.4) is 0 Å². The lowest BCUT2D eigenvalue weighted by Gasteiger charge is -2.23. The van der Waals surface area contributed by atoms with E-state index in [9.17, 15) is 9.59 Å². The Morgan fingerprint density at radius 3 is 2.33 bits per heavy atom. The van der Waals surface area contributed by atoms with E-state index in [1.54, 1.807) is 18.2 Å². The molecule has 6 nitrogen and oxygen atoms in total. The van der Waals surface area contributed by atoms with Crippen LogP contribution in [0.5, 0.6) is 5.75 Å². The van der Waals surface area contributed by atoms with Crippen LogP contribution in [0.2, 0.25) is 0 Å². The highest BCUT2D eigenvalue weighted by Crippen LogP contribution is 2.29. The monoisotopic (exact) mass is 329 g/mol. The number of benzene rings is 1. The highest BCUT2D eigenvalue weighted by Gasteiger charge is 2.24. The van der Waals surface area contributed by atoms with Gasteiger partial charge < -0.3 is 19.9 Å². The number of rotatable bonds is 6. The fraction of sp³-hybridized carbons (Fsp3) is 0.333. The molecule has 0 radical (unpaired) electrons. The summed E-state index contributed by atoms with van der Waals surface area (Å²) < 4.78 is 7.18. The molecule has 2 amide bonds. The molecule has 0 aliphatic heterocycles. The predicted molar refractivity (Wildman–Crippen MR) is 94.2 cm³/mol. The van der Waals surface area contributed by atoms with Gasteiger partial charge in [0, 0.05) is 25.0 Å². The average Bonchev–Trinajstić information content (AvgIpc) is 3.00. The van der Waals surface area contributed by atoms with Crippen LogP contribution in [0.4, 0.5) is 11.4 Å². The van der Waals surface area contributed by atoms with Crippen molar-refractivity contribution >= 4 is 23.2 Å². The molecule has 2 N–H and O–H groups in total. The highest BCUT2D eigenvalue weighted by molar-refractivity contribution is 5.97. The van der Waals surface area contributed by atoms with Gasteiger partial charge in [0.25, 0.3) is 0 Å². The number of amides is 2. The van der Waals surface area contributed by atoms with Gasteiger partial charge in [0.05, 0.1) is 12.8 Å².